The molecule has 98 valence electrons. The van der Waals surface area contributed by atoms with Crippen LogP contribution in [-0.4, -0.2) is 9.91 Å². The molecule has 0 aliphatic rings. The summed E-state index contributed by atoms with van der Waals surface area (Å²) in [6.07, 6.45) is 3.50. The first-order valence-electron chi connectivity index (χ1n) is 5.69. The molecular weight excluding hydrogens is 266 g/mol. The highest BCUT2D eigenvalue weighted by atomic mass is 35.5. The summed E-state index contributed by atoms with van der Waals surface area (Å²) in [6.45, 7) is 1.22. The lowest BCUT2D eigenvalue weighted by atomic mass is 10.2. The molecule has 0 aliphatic heterocycles. The van der Waals surface area contributed by atoms with Crippen molar-refractivity contribution in [1.82, 2.24) is 10.3 Å². The van der Waals surface area contributed by atoms with Crippen LogP contribution in [-0.2, 0) is 13.1 Å². The first kappa shape index (κ1) is 13.5. The van der Waals surface area contributed by atoms with Crippen molar-refractivity contribution in [3.05, 3.63) is 69.0 Å². The number of non-ortho nitro benzene ring substituents is 1. The number of rotatable bonds is 5. The van der Waals surface area contributed by atoms with E-state index in [0.717, 1.165) is 11.1 Å². The molecule has 0 saturated carbocycles. The minimum atomic E-state index is -0.460. The average molecular weight is 278 g/mol. The van der Waals surface area contributed by atoms with Gasteiger partial charge in [0.15, 0.2) is 0 Å². The summed E-state index contributed by atoms with van der Waals surface area (Å²) in [7, 11) is 0. The predicted molar refractivity (Wildman–Crippen MR) is 72.9 cm³/mol. The van der Waals surface area contributed by atoms with Crippen LogP contribution in [0.5, 0.6) is 0 Å². The molecule has 1 N–H and O–H groups in total. The second-order valence-electron chi connectivity index (χ2n) is 4.00. The summed E-state index contributed by atoms with van der Waals surface area (Å²) < 4.78 is 0. The van der Waals surface area contributed by atoms with Gasteiger partial charge in [-0.25, -0.2) is 0 Å². The molecule has 0 amide bonds. The summed E-state index contributed by atoms with van der Waals surface area (Å²) in [5.41, 5.74) is 1.90. The van der Waals surface area contributed by atoms with E-state index in [0.29, 0.717) is 18.1 Å². The number of nitro benzene ring substituents is 1. The fraction of sp³-hybridized carbons (Fsp3) is 0.154. The Morgan fingerprint density at radius 1 is 1.32 bits per heavy atom. The minimum absolute atomic E-state index is 0.000935. The summed E-state index contributed by atoms with van der Waals surface area (Å²) in [4.78, 5) is 14.1. The number of aromatic nitrogens is 1. The number of halogens is 1. The van der Waals surface area contributed by atoms with Gasteiger partial charge in [-0.2, -0.15) is 0 Å². The van der Waals surface area contributed by atoms with E-state index in [1.54, 1.807) is 18.5 Å². The molecule has 0 saturated heterocycles. The first-order chi connectivity index (χ1) is 9.16. The van der Waals surface area contributed by atoms with Crippen LogP contribution in [0.1, 0.15) is 11.1 Å². The molecule has 0 bridgehead atoms. The van der Waals surface area contributed by atoms with Gasteiger partial charge in [0.25, 0.3) is 5.69 Å². The van der Waals surface area contributed by atoms with Gasteiger partial charge in [-0.3, -0.25) is 15.1 Å². The Labute approximate surface area is 115 Å². The molecular formula is C13H12ClN3O2. The lowest BCUT2D eigenvalue weighted by molar-refractivity contribution is -0.384. The Morgan fingerprint density at radius 2 is 2.16 bits per heavy atom. The van der Waals surface area contributed by atoms with Crippen molar-refractivity contribution in [3.63, 3.8) is 0 Å². The lowest BCUT2D eigenvalue weighted by Gasteiger charge is -2.06. The third-order valence-corrected chi connectivity index (χ3v) is 2.97. The molecule has 6 heteroatoms. The zero-order chi connectivity index (χ0) is 13.7. The quantitative estimate of drug-likeness (QED) is 0.674. The van der Waals surface area contributed by atoms with Crippen LogP contribution >= 0.6 is 11.6 Å². The Morgan fingerprint density at radius 3 is 2.79 bits per heavy atom. The number of benzene rings is 1. The molecule has 19 heavy (non-hydrogen) atoms. The van der Waals surface area contributed by atoms with E-state index in [4.69, 9.17) is 11.6 Å². The third-order valence-electron chi connectivity index (χ3n) is 2.61. The average Bonchev–Trinajstić information content (AvgIpc) is 2.41. The number of nitrogens with zero attached hydrogens (tertiary/aromatic N) is 2. The fourth-order valence-corrected chi connectivity index (χ4v) is 1.88. The fourth-order valence-electron chi connectivity index (χ4n) is 1.64. The molecule has 5 nitrogen and oxygen atoms in total. The lowest BCUT2D eigenvalue weighted by Crippen LogP contribution is -2.13. The molecule has 0 radical (unpaired) electrons. The Balaban J connectivity index is 1.95. The predicted octanol–water partition coefficient (Wildman–Crippen LogP) is 2.93. The summed E-state index contributed by atoms with van der Waals surface area (Å²) >= 11 is 6.00. The zero-order valence-electron chi connectivity index (χ0n) is 10.0. The van der Waals surface area contributed by atoms with Crippen LogP contribution in [0.3, 0.4) is 0 Å². The van der Waals surface area contributed by atoms with Crippen molar-refractivity contribution in [3.8, 4) is 0 Å². The summed E-state index contributed by atoms with van der Waals surface area (Å²) in [5, 5.41) is 14.2. The van der Waals surface area contributed by atoms with Crippen molar-refractivity contribution in [2.75, 3.05) is 0 Å². The molecule has 0 fully saturated rings. The van der Waals surface area contributed by atoms with Crippen LogP contribution in [0.2, 0.25) is 5.02 Å². The molecule has 0 aliphatic carbocycles. The Bertz CT molecular complexity index is 575. The maximum absolute atomic E-state index is 10.6. The van der Waals surface area contributed by atoms with Gasteiger partial charge >= 0.3 is 0 Å². The second kappa shape index (κ2) is 6.26. The van der Waals surface area contributed by atoms with Crippen LogP contribution in [0.4, 0.5) is 5.69 Å². The molecule has 1 heterocycles. The van der Waals surface area contributed by atoms with E-state index in [-0.39, 0.29) is 5.69 Å². The molecule has 0 unspecified atom stereocenters. The third kappa shape index (κ3) is 3.74. The maximum atomic E-state index is 10.6. The summed E-state index contributed by atoms with van der Waals surface area (Å²) in [5.74, 6) is 0. The number of pyridine rings is 1. The van der Waals surface area contributed by atoms with Crippen LogP contribution in [0.15, 0.2) is 42.7 Å². The molecule has 2 rings (SSSR count). The number of hydrogen-bond donors (Lipinski definition) is 1. The number of nitrogens with one attached hydrogen (secondary N) is 1. The molecule has 2 aromatic rings. The smallest absolute Gasteiger partial charge is 0.270 e. The number of nitro groups is 1. The first-order valence-corrected chi connectivity index (χ1v) is 6.07. The topological polar surface area (TPSA) is 68.1 Å². The van der Waals surface area contributed by atoms with Gasteiger partial charge < -0.3 is 5.32 Å². The van der Waals surface area contributed by atoms with Gasteiger partial charge in [0.2, 0.25) is 0 Å². The standard InChI is InChI=1S/C13H12ClN3O2/c14-13-6-12(17(18)19)4-3-11(13)9-16-8-10-2-1-5-15-7-10/h1-7,16H,8-9H2. The zero-order valence-corrected chi connectivity index (χ0v) is 10.8. The highest BCUT2D eigenvalue weighted by Crippen LogP contribution is 2.22. The van der Waals surface area contributed by atoms with Gasteiger partial charge in [0, 0.05) is 37.6 Å². The van der Waals surface area contributed by atoms with Crippen LogP contribution in [0.25, 0.3) is 0 Å². The van der Waals surface area contributed by atoms with Gasteiger partial charge in [0.05, 0.1) is 9.95 Å². The SMILES string of the molecule is O=[N+]([O-])c1ccc(CNCc2cccnc2)c(Cl)c1. The molecule has 0 atom stereocenters. The number of hydrogen-bond acceptors (Lipinski definition) is 4. The normalized spacial score (nSPS) is 10.4. The van der Waals surface area contributed by atoms with Crippen molar-refractivity contribution in [2.24, 2.45) is 0 Å². The van der Waals surface area contributed by atoms with Crippen LogP contribution in [0, 0.1) is 10.1 Å². The van der Waals surface area contributed by atoms with E-state index in [9.17, 15) is 10.1 Å². The van der Waals surface area contributed by atoms with Crippen molar-refractivity contribution < 1.29 is 4.92 Å². The maximum Gasteiger partial charge on any atom is 0.270 e. The minimum Gasteiger partial charge on any atom is -0.309 e. The van der Waals surface area contributed by atoms with Gasteiger partial charge in [-0.15, -0.1) is 0 Å². The molecule has 0 spiro atoms. The van der Waals surface area contributed by atoms with Crippen molar-refractivity contribution in [1.29, 1.82) is 0 Å². The highest BCUT2D eigenvalue weighted by molar-refractivity contribution is 6.31. The van der Waals surface area contributed by atoms with Gasteiger partial charge in [-0.05, 0) is 23.3 Å². The second-order valence-corrected chi connectivity index (χ2v) is 4.40. The van der Waals surface area contributed by atoms with Gasteiger partial charge in [0.1, 0.15) is 0 Å². The monoisotopic (exact) mass is 277 g/mol. The highest BCUT2D eigenvalue weighted by Gasteiger charge is 2.08. The molecule has 1 aromatic heterocycles. The van der Waals surface area contributed by atoms with Gasteiger partial charge in [-0.1, -0.05) is 17.7 Å². The Kier molecular flexibility index (Phi) is 4.43. The summed E-state index contributed by atoms with van der Waals surface area (Å²) in [6, 6.07) is 8.32. The Hall–Kier alpha value is -1.98. The van der Waals surface area contributed by atoms with Crippen molar-refractivity contribution in [2.45, 2.75) is 13.1 Å². The molecule has 1 aromatic carbocycles. The van der Waals surface area contributed by atoms with E-state index in [1.165, 1.54) is 12.1 Å². The largest absolute Gasteiger partial charge is 0.309 e. The van der Waals surface area contributed by atoms with E-state index < -0.39 is 4.92 Å². The van der Waals surface area contributed by atoms with E-state index in [2.05, 4.69) is 10.3 Å². The van der Waals surface area contributed by atoms with Crippen molar-refractivity contribution >= 4 is 17.3 Å². The van der Waals surface area contributed by atoms with E-state index >= 15 is 0 Å². The van der Waals surface area contributed by atoms with Crippen LogP contribution < -0.4 is 5.32 Å². The van der Waals surface area contributed by atoms with E-state index in [1.807, 2.05) is 12.1 Å².